The molecule has 0 unspecified atom stereocenters. The van der Waals surface area contributed by atoms with E-state index >= 15 is 0 Å². The molecular weight excluding hydrogens is 620 g/mol. The third kappa shape index (κ3) is 7.11. The molecule has 0 spiro atoms. The number of primary amides is 1. The molecule has 0 bridgehead atoms. The zero-order valence-electron chi connectivity index (χ0n) is 25.9. The molecule has 2 N–H and O–H groups in total. The molecule has 1 heterocycles. The molecule has 5 aromatic rings. The second kappa shape index (κ2) is 12.5. The van der Waals surface area contributed by atoms with E-state index in [0.29, 0.717) is 40.2 Å². The third-order valence-electron chi connectivity index (χ3n) is 7.71. The maximum Gasteiger partial charge on any atom is 0.416 e. The smallest absolute Gasteiger partial charge is 0.378 e. The zero-order valence-corrected chi connectivity index (χ0v) is 25.9. The SMILES string of the molecule is CN(C)c1ccc(-c2nc(-c3cc(C(F)(F)F)cc(C(F)(F)F)c3)n(Cc3ccc(C(N)=O)cc3)c2-c2ccc(N(C)C)cc2)cc1. The number of halogens is 6. The van der Waals surface area contributed by atoms with Gasteiger partial charge in [0, 0.05) is 68.4 Å². The predicted octanol–water partition coefficient (Wildman–Crippen LogP) is 8.20. The van der Waals surface area contributed by atoms with Crippen molar-refractivity contribution in [1.82, 2.24) is 9.55 Å². The summed E-state index contributed by atoms with van der Waals surface area (Å²) < 4.78 is 85.5. The summed E-state index contributed by atoms with van der Waals surface area (Å²) >= 11 is 0. The number of nitrogens with two attached hydrogens (primary N) is 1. The molecule has 0 atom stereocenters. The lowest BCUT2D eigenvalue weighted by Crippen LogP contribution is -2.12. The topological polar surface area (TPSA) is 67.4 Å². The van der Waals surface area contributed by atoms with Crippen LogP contribution in [0.5, 0.6) is 0 Å². The van der Waals surface area contributed by atoms with Crippen LogP contribution in [-0.4, -0.2) is 43.6 Å². The van der Waals surface area contributed by atoms with Gasteiger partial charge in [-0.1, -0.05) is 36.4 Å². The Morgan fingerprint density at radius 1 is 0.681 bits per heavy atom. The van der Waals surface area contributed by atoms with Crippen LogP contribution in [-0.2, 0) is 18.9 Å². The summed E-state index contributed by atoms with van der Waals surface area (Å²) in [5.41, 5.74) is 6.85. The molecule has 0 aliphatic carbocycles. The molecule has 0 saturated heterocycles. The molecule has 0 fully saturated rings. The number of aromatic nitrogens is 2. The Hall–Kier alpha value is -5.26. The number of carbonyl (C=O) groups excluding carboxylic acids is 1. The lowest BCUT2D eigenvalue weighted by atomic mass is 10.0. The van der Waals surface area contributed by atoms with E-state index in [1.54, 1.807) is 28.8 Å². The summed E-state index contributed by atoms with van der Waals surface area (Å²) in [6.45, 7) is -0.000478. The molecule has 4 aromatic carbocycles. The molecule has 0 radical (unpaired) electrons. The molecule has 244 valence electrons. The minimum absolute atomic E-state index is 0.000478. The van der Waals surface area contributed by atoms with E-state index in [-0.39, 0.29) is 29.6 Å². The van der Waals surface area contributed by atoms with Crippen molar-refractivity contribution in [2.75, 3.05) is 38.0 Å². The highest BCUT2D eigenvalue weighted by molar-refractivity contribution is 5.92. The first-order valence-electron chi connectivity index (χ1n) is 14.4. The van der Waals surface area contributed by atoms with Crippen LogP contribution in [0.1, 0.15) is 27.0 Å². The number of hydrogen-bond acceptors (Lipinski definition) is 4. The fraction of sp³-hybridized carbons (Fsp3) is 0.200. The Morgan fingerprint density at radius 2 is 1.15 bits per heavy atom. The van der Waals surface area contributed by atoms with Gasteiger partial charge in [0.15, 0.2) is 0 Å². The summed E-state index contributed by atoms with van der Waals surface area (Å²) in [7, 11) is 7.48. The Kier molecular flexibility index (Phi) is 8.81. The highest BCUT2D eigenvalue weighted by atomic mass is 19.4. The first-order valence-corrected chi connectivity index (χ1v) is 14.4. The lowest BCUT2D eigenvalue weighted by Gasteiger charge is -2.18. The van der Waals surface area contributed by atoms with Crippen LogP contribution in [0.4, 0.5) is 37.7 Å². The highest BCUT2D eigenvalue weighted by Crippen LogP contribution is 2.42. The Bertz CT molecular complexity index is 1860. The fourth-order valence-corrected chi connectivity index (χ4v) is 5.20. The van der Waals surface area contributed by atoms with Gasteiger partial charge in [-0.25, -0.2) is 4.98 Å². The van der Waals surface area contributed by atoms with E-state index in [2.05, 4.69) is 0 Å². The van der Waals surface area contributed by atoms with Crippen molar-refractivity contribution in [2.24, 2.45) is 5.73 Å². The van der Waals surface area contributed by atoms with E-state index in [4.69, 9.17) is 10.7 Å². The summed E-state index contributed by atoms with van der Waals surface area (Å²) in [6, 6.07) is 22.4. The van der Waals surface area contributed by atoms with Gasteiger partial charge in [0.25, 0.3) is 0 Å². The number of hydrogen-bond donors (Lipinski definition) is 1. The largest absolute Gasteiger partial charge is 0.416 e. The van der Waals surface area contributed by atoms with Crippen LogP contribution in [0, 0.1) is 0 Å². The van der Waals surface area contributed by atoms with Crippen LogP contribution >= 0.6 is 0 Å². The van der Waals surface area contributed by atoms with Crippen molar-refractivity contribution in [3.63, 3.8) is 0 Å². The molecule has 12 heteroatoms. The molecular formula is C35H31F6N5O. The van der Waals surface area contributed by atoms with Gasteiger partial charge in [-0.3, -0.25) is 4.79 Å². The number of alkyl halides is 6. The van der Waals surface area contributed by atoms with Gasteiger partial charge in [0.1, 0.15) is 5.82 Å². The van der Waals surface area contributed by atoms with Gasteiger partial charge in [-0.2, -0.15) is 26.3 Å². The number of imidazole rings is 1. The standard InChI is InChI=1S/C35H31F6N5O/c1-44(2)28-13-9-22(10-14-28)30-31(23-11-15-29(16-12-23)45(3)4)46(20-21-5-7-24(8-6-21)32(42)47)33(43-30)25-17-26(34(36,37)38)19-27(18-25)35(39,40)41/h5-19H,20H2,1-4H3,(H2,42,47). The van der Waals surface area contributed by atoms with E-state index in [1.807, 2.05) is 74.4 Å². The quantitative estimate of drug-likeness (QED) is 0.172. The van der Waals surface area contributed by atoms with Crippen LogP contribution in [0.3, 0.4) is 0 Å². The van der Waals surface area contributed by atoms with Gasteiger partial charge in [0.2, 0.25) is 5.91 Å². The van der Waals surface area contributed by atoms with Gasteiger partial charge < -0.3 is 20.1 Å². The monoisotopic (exact) mass is 651 g/mol. The fourth-order valence-electron chi connectivity index (χ4n) is 5.20. The number of carbonyl (C=O) groups is 1. The molecule has 47 heavy (non-hydrogen) atoms. The molecule has 5 rings (SSSR count). The maximum absolute atomic E-state index is 14.0. The molecule has 1 aromatic heterocycles. The van der Waals surface area contributed by atoms with Crippen molar-refractivity contribution in [2.45, 2.75) is 18.9 Å². The third-order valence-corrected chi connectivity index (χ3v) is 7.71. The normalized spacial score (nSPS) is 11.9. The lowest BCUT2D eigenvalue weighted by molar-refractivity contribution is -0.143. The predicted molar refractivity (Wildman–Crippen MR) is 171 cm³/mol. The van der Waals surface area contributed by atoms with Gasteiger partial charge >= 0.3 is 12.4 Å². The van der Waals surface area contributed by atoms with E-state index in [1.165, 1.54) is 12.1 Å². The summed E-state index contributed by atoms with van der Waals surface area (Å²) in [4.78, 5) is 20.3. The van der Waals surface area contributed by atoms with Crippen molar-refractivity contribution < 1.29 is 31.1 Å². The Labute approximate surface area is 267 Å². The highest BCUT2D eigenvalue weighted by Gasteiger charge is 2.38. The minimum Gasteiger partial charge on any atom is -0.378 e. The number of rotatable bonds is 8. The van der Waals surface area contributed by atoms with Crippen LogP contribution in [0.15, 0.2) is 91.0 Å². The van der Waals surface area contributed by atoms with Crippen LogP contribution in [0.25, 0.3) is 33.9 Å². The van der Waals surface area contributed by atoms with Gasteiger partial charge in [0.05, 0.1) is 22.5 Å². The van der Waals surface area contributed by atoms with E-state index < -0.39 is 29.4 Å². The van der Waals surface area contributed by atoms with E-state index in [9.17, 15) is 31.1 Å². The number of anilines is 2. The zero-order chi connectivity index (χ0) is 34.3. The average Bonchev–Trinajstić information content (AvgIpc) is 3.39. The Balaban J connectivity index is 1.84. The van der Waals surface area contributed by atoms with Crippen molar-refractivity contribution in [3.05, 3.63) is 113 Å². The second-order valence-corrected chi connectivity index (χ2v) is 11.5. The van der Waals surface area contributed by atoms with E-state index in [0.717, 1.165) is 11.4 Å². The molecule has 0 aliphatic heterocycles. The number of nitrogens with zero attached hydrogens (tertiary/aromatic N) is 4. The molecule has 0 saturated carbocycles. The summed E-state index contributed by atoms with van der Waals surface area (Å²) in [5, 5.41) is 0. The first kappa shape index (κ1) is 33.1. The maximum atomic E-state index is 14.0. The molecule has 1 amide bonds. The van der Waals surface area contributed by atoms with Crippen molar-refractivity contribution in [3.8, 4) is 33.9 Å². The minimum atomic E-state index is -5.05. The number of benzene rings is 4. The van der Waals surface area contributed by atoms with Gasteiger partial charge in [-0.05, 0) is 60.2 Å². The van der Waals surface area contributed by atoms with Crippen LogP contribution in [0.2, 0.25) is 0 Å². The summed E-state index contributed by atoms with van der Waals surface area (Å²) in [6.07, 6.45) is -10.1. The number of amides is 1. The second-order valence-electron chi connectivity index (χ2n) is 11.5. The van der Waals surface area contributed by atoms with Crippen molar-refractivity contribution in [1.29, 1.82) is 0 Å². The molecule has 6 nitrogen and oxygen atoms in total. The van der Waals surface area contributed by atoms with Crippen molar-refractivity contribution >= 4 is 17.3 Å². The van der Waals surface area contributed by atoms with Crippen LogP contribution < -0.4 is 15.5 Å². The average molecular weight is 652 g/mol. The first-order chi connectivity index (χ1) is 22.0. The summed E-state index contributed by atoms with van der Waals surface area (Å²) in [5.74, 6) is -0.743. The Morgan fingerprint density at radius 3 is 1.57 bits per heavy atom. The van der Waals surface area contributed by atoms with Gasteiger partial charge in [-0.15, -0.1) is 0 Å². The molecule has 0 aliphatic rings.